The van der Waals surface area contributed by atoms with Crippen LogP contribution in [-0.4, -0.2) is 43.7 Å². The van der Waals surface area contributed by atoms with Gasteiger partial charge in [0.05, 0.1) is 32.6 Å². The average Bonchev–Trinajstić information content (AvgIpc) is 3.28. The highest BCUT2D eigenvalue weighted by Gasteiger charge is 2.15. The predicted octanol–water partition coefficient (Wildman–Crippen LogP) is 3.76. The normalized spacial score (nSPS) is 14.1. The number of furan rings is 1. The van der Waals surface area contributed by atoms with E-state index in [1.807, 2.05) is 54.6 Å². The third kappa shape index (κ3) is 5.72. The Morgan fingerprint density at radius 1 is 0.933 bits per heavy atom. The van der Waals surface area contributed by atoms with Gasteiger partial charge in [0.25, 0.3) is 0 Å². The molecule has 1 aliphatic heterocycles. The van der Waals surface area contributed by atoms with Crippen molar-refractivity contribution in [1.82, 2.24) is 4.90 Å². The zero-order valence-electron chi connectivity index (χ0n) is 17.0. The van der Waals surface area contributed by atoms with Crippen molar-refractivity contribution in [2.45, 2.75) is 13.1 Å². The Kier molecular flexibility index (Phi) is 6.79. The van der Waals surface area contributed by atoms with Crippen LogP contribution in [0.4, 0.5) is 11.4 Å². The Bertz CT molecular complexity index is 905. The van der Waals surface area contributed by atoms with Gasteiger partial charge in [-0.1, -0.05) is 30.3 Å². The maximum atomic E-state index is 12.7. The summed E-state index contributed by atoms with van der Waals surface area (Å²) in [5, 5.41) is 3.01. The highest BCUT2D eigenvalue weighted by Crippen LogP contribution is 2.19. The number of hydrogen-bond donors (Lipinski definition) is 1. The van der Waals surface area contributed by atoms with E-state index >= 15 is 0 Å². The lowest BCUT2D eigenvalue weighted by atomic mass is 10.2. The summed E-state index contributed by atoms with van der Waals surface area (Å²) in [5.41, 5.74) is 3.11. The molecular formula is C24H27N3O3. The lowest BCUT2D eigenvalue weighted by Gasteiger charge is -2.29. The number of ether oxygens (including phenoxy) is 1. The molecule has 0 saturated carbocycles. The Balaban J connectivity index is 1.36. The summed E-state index contributed by atoms with van der Waals surface area (Å²) in [4.78, 5) is 17.1. The molecule has 1 aliphatic rings. The van der Waals surface area contributed by atoms with Crippen LogP contribution in [0.1, 0.15) is 11.3 Å². The molecule has 2 heterocycles. The molecule has 4 rings (SSSR count). The van der Waals surface area contributed by atoms with Gasteiger partial charge in [-0.25, -0.2) is 0 Å². The molecule has 1 N–H and O–H groups in total. The standard InChI is InChI=1S/C24H27N3O3/c28-24(25-21-8-10-22(11-9-21)27-12-15-29-16-13-27)19-26(18-23-7-4-14-30-23)17-20-5-2-1-3-6-20/h1-11,14H,12-13,15-19H2,(H,25,28). The highest BCUT2D eigenvalue weighted by atomic mass is 16.5. The van der Waals surface area contributed by atoms with Gasteiger partial charge >= 0.3 is 0 Å². The average molecular weight is 405 g/mol. The second-order valence-electron chi connectivity index (χ2n) is 7.40. The van der Waals surface area contributed by atoms with Crippen LogP contribution in [0.25, 0.3) is 0 Å². The summed E-state index contributed by atoms with van der Waals surface area (Å²) >= 11 is 0. The number of benzene rings is 2. The summed E-state index contributed by atoms with van der Waals surface area (Å²) in [6, 6.07) is 22.0. The van der Waals surface area contributed by atoms with Gasteiger partial charge in [0.15, 0.2) is 0 Å². The zero-order chi connectivity index (χ0) is 20.6. The number of hydrogen-bond acceptors (Lipinski definition) is 5. The zero-order valence-corrected chi connectivity index (χ0v) is 17.0. The van der Waals surface area contributed by atoms with Gasteiger partial charge in [0.1, 0.15) is 5.76 Å². The van der Waals surface area contributed by atoms with E-state index in [2.05, 4.69) is 27.2 Å². The number of morpholine rings is 1. The molecule has 0 radical (unpaired) electrons. The van der Waals surface area contributed by atoms with Gasteiger partial charge in [-0.05, 0) is 42.0 Å². The molecule has 1 amide bonds. The summed E-state index contributed by atoms with van der Waals surface area (Å²) in [7, 11) is 0. The van der Waals surface area contributed by atoms with Crippen LogP contribution in [0.2, 0.25) is 0 Å². The first-order valence-corrected chi connectivity index (χ1v) is 10.3. The van der Waals surface area contributed by atoms with E-state index in [4.69, 9.17) is 9.15 Å². The first-order valence-electron chi connectivity index (χ1n) is 10.3. The number of amides is 1. The number of carbonyl (C=O) groups is 1. The van der Waals surface area contributed by atoms with Crippen LogP contribution in [0.3, 0.4) is 0 Å². The molecule has 3 aromatic rings. The molecule has 1 aromatic heterocycles. The Hall–Kier alpha value is -3.09. The Labute approximate surface area is 177 Å². The molecule has 6 heteroatoms. The second kappa shape index (κ2) is 10.1. The van der Waals surface area contributed by atoms with Crippen molar-refractivity contribution in [3.8, 4) is 0 Å². The quantitative estimate of drug-likeness (QED) is 0.618. The summed E-state index contributed by atoms with van der Waals surface area (Å²) < 4.78 is 10.9. The Morgan fingerprint density at radius 3 is 2.40 bits per heavy atom. The van der Waals surface area contributed by atoms with Crippen molar-refractivity contribution in [2.75, 3.05) is 43.1 Å². The molecule has 0 spiro atoms. The van der Waals surface area contributed by atoms with Gasteiger partial charge in [-0.3, -0.25) is 9.69 Å². The fourth-order valence-electron chi connectivity index (χ4n) is 3.61. The second-order valence-corrected chi connectivity index (χ2v) is 7.40. The van der Waals surface area contributed by atoms with Crippen molar-refractivity contribution < 1.29 is 13.9 Å². The smallest absolute Gasteiger partial charge is 0.238 e. The molecule has 0 atom stereocenters. The molecule has 0 aliphatic carbocycles. The highest BCUT2D eigenvalue weighted by molar-refractivity contribution is 5.92. The van der Waals surface area contributed by atoms with E-state index < -0.39 is 0 Å². The van der Waals surface area contributed by atoms with Gasteiger partial charge in [0, 0.05) is 31.0 Å². The van der Waals surface area contributed by atoms with Gasteiger partial charge < -0.3 is 19.4 Å². The monoisotopic (exact) mass is 405 g/mol. The minimum Gasteiger partial charge on any atom is -0.468 e. The van der Waals surface area contributed by atoms with Gasteiger partial charge in [0.2, 0.25) is 5.91 Å². The third-order valence-corrected chi connectivity index (χ3v) is 5.10. The first kappa shape index (κ1) is 20.2. The SMILES string of the molecule is O=C(CN(Cc1ccccc1)Cc1ccco1)Nc1ccc(N2CCOCC2)cc1. The van der Waals surface area contributed by atoms with Crippen molar-refractivity contribution >= 4 is 17.3 Å². The largest absolute Gasteiger partial charge is 0.468 e. The number of anilines is 2. The minimum atomic E-state index is -0.0448. The number of carbonyl (C=O) groups excluding carboxylic acids is 1. The summed E-state index contributed by atoms with van der Waals surface area (Å²) in [6.07, 6.45) is 1.66. The van der Waals surface area contributed by atoms with Crippen molar-refractivity contribution in [3.63, 3.8) is 0 Å². The molecule has 1 saturated heterocycles. The van der Waals surface area contributed by atoms with Gasteiger partial charge in [-0.2, -0.15) is 0 Å². The van der Waals surface area contributed by atoms with E-state index in [0.29, 0.717) is 13.1 Å². The molecule has 0 unspecified atom stereocenters. The third-order valence-electron chi connectivity index (χ3n) is 5.10. The van der Waals surface area contributed by atoms with Crippen LogP contribution in [0.5, 0.6) is 0 Å². The van der Waals surface area contributed by atoms with E-state index in [1.165, 1.54) is 0 Å². The lowest BCUT2D eigenvalue weighted by Crippen LogP contribution is -2.36. The molecular weight excluding hydrogens is 378 g/mol. The van der Waals surface area contributed by atoms with Crippen LogP contribution in [0, 0.1) is 0 Å². The minimum absolute atomic E-state index is 0.0448. The first-order chi connectivity index (χ1) is 14.8. The van der Waals surface area contributed by atoms with Crippen LogP contribution in [-0.2, 0) is 22.6 Å². The Morgan fingerprint density at radius 2 is 1.70 bits per heavy atom. The maximum Gasteiger partial charge on any atom is 0.238 e. The van der Waals surface area contributed by atoms with E-state index in [0.717, 1.165) is 49.0 Å². The fourth-order valence-corrected chi connectivity index (χ4v) is 3.61. The van der Waals surface area contributed by atoms with Crippen LogP contribution < -0.4 is 10.2 Å². The van der Waals surface area contributed by atoms with Crippen molar-refractivity contribution in [3.05, 3.63) is 84.3 Å². The maximum absolute atomic E-state index is 12.7. The van der Waals surface area contributed by atoms with Gasteiger partial charge in [-0.15, -0.1) is 0 Å². The molecule has 30 heavy (non-hydrogen) atoms. The number of rotatable bonds is 8. The van der Waals surface area contributed by atoms with Crippen molar-refractivity contribution in [1.29, 1.82) is 0 Å². The molecule has 156 valence electrons. The van der Waals surface area contributed by atoms with Crippen molar-refractivity contribution in [2.24, 2.45) is 0 Å². The van der Waals surface area contributed by atoms with Crippen LogP contribution in [0.15, 0.2) is 77.4 Å². The van der Waals surface area contributed by atoms with E-state index in [1.54, 1.807) is 6.26 Å². The summed E-state index contributed by atoms with van der Waals surface area (Å²) in [6.45, 7) is 4.83. The fraction of sp³-hybridized carbons (Fsp3) is 0.292. The molecule has 2 aromatic carbocycles. The van der Waals surface area contributed by atoms with E-state index in [9.17, 15) is 4.79 Å². The molecule has 6 nitrogen and oxygen atoms in total. The topological polar surface area (TPSA) is 58.0 Å². The number of nitrogens with zero attached hydrogens (tertiary/aromatic N) is 2. The lowest BCUT2D eigenvalue weighted by molar-refractivity contribution is -0.117. The number of nitrogens with one attached hydrogen (secondary N) is 1. The molecule has 1 fully saturated rings. The molecule has 0 bridgehead atoms. The predicted molar refractivity (Wildman–Crippen MR) is 117 cm³/mol. The van der Waals surface area contributed by atoms with Crippen LogP contribution >= 0.6 is 0 Å². The summed E-state index contributed by atoms with van der Waals surface area (Å²) in [5.74, 6) is 0.796. The van der Waals surface area contributed by atoms with E-state index in [-0.39, 0.29) is 12.5 Å².